The molecule has 0 saturated carbocycles. The van der Waals surface area contributed by atoms with E-state index in [4.69, 9.17) is 9.47 Å². The SMILES string of the molecule is CCc1cc(CCC(=O)OCCNC(=O)C(=O)NCCOC(=O)CCc2cc(C(C)(C)C)c(O)c(C(C)(C)C)c2)cc(C(C)(C)C)c1O. The molecule has 0 atom stereocenters. The standard InChI is InChI=1S/C38H56N2O8/c1-11-26-20-24(21-27(32(26)43)36(2,3)4)12-14-30(41)47-18-16-39-34(45)35(46)40-17-19-48-31(42)15-13-25-22-28(37(5,6)7)33(44)29(23-25)38(8,9)10/h20-23,43-44H,11-19H2,1-10H3,(H,39,45)(H,40,46). The summed E-state index contributed by atoms with van der Waals surface area (Å²) < 4.78 is 10.4. The van der Waals surface area contributed by atoms with Crippen molar-refractivity contribution in [3.63, 3.8) is 0 Å². The van der Waals surface area contributed by atoms with Gasteiger partial charge in [-0.15, -0.1) is 0 Å². The first kappa shape index (κ1) is 40.1. The fourth-order valence-corrected chi connectivity index (χ4v) is 5.18. The molecule has 2 aromatic carbocycles. The van der Waals surface area contributed by atoms with Crippen LogP contribution in [0.3, 0.4) is 0 Å². The minimum Gasteiger partial charge on any atom is -0.507 e. The molecule has 10 nitrogen and oxygen atoms in total. The van der Waals surface area contributed by atoms with E-state index in [1.165, 1.54) is 0 Å². The first-order valence-electron chi connectivity index (χ1n) is 16.7. The van der Waals surface area contributed by atoms with Crippen LogP contribution >= 0.6 is 0 Å². The summed E-state index contributed by atoms with van der Waals surface area (Å²) in [5, 5.41) is 26.3. The average molecular weight is 669 g/mol. The fraction of sp³-hybridized carbons (Fsp3) is 0.579. The Labute approximate surface area is 286 Å². The molecule has 0 unspecified atom stereocenters. The summed E-state index contributed by atoms with van der Waals surface area (Å²) in [4.78, 5) is 48.8. The number of aryl methyl sites for hydroxylation is 3. The van der Waals surface area contributed by atoms with Gasteiger partial charge >= 0.3 is 23.8 Å². The van der Waals surface area contributed by atoms with Gasteiger partial charge in [-0.3, -0.25) is 19.2 Å². The molecular weight excluding hydrogens is 612 g/mol. The van der Waals surface area contributed by atoms with E-state index in [1.54, 1.807) is 0 Å². The van der Waals surface area contributed by atoms with Gasteiger partial charge in [0.1, 0.15) is 24.7 Å². The second kappa shape index (κ2) is 16.8. The number of esters is 2. The van der Waals surface area contributed by atoms with Gasteiger partial charge < -0.3 is 30.3 Å². The summed E-state index contributed by atoms with van der Waals surface area (Å²) in [6.07, 6.45) is 1.80. The predicted octanol–water partition coefficient (Wildman–Crippen LogP) is 5.44. The van der Waals surface area contributed by atoms with Gasteiger partial charge in [0.05, 0.1) is 13.1 Å². The highest BCUT2D eigenvalue weighted by Gasteiger charge is 2.27. The van der Waals surface area contributed by atoms with E-state index < -0.39 is 23.8 Å². The van der Waals surface area contributed by atoms with Crippen LogP contribution in [0.25, 0.3) is 0 Å². The van der Waals surface area contributed by atoms with Crippen molar-refractivity contribution >= 4 is 23.8 Å². The Balaban J connectivity index is 1.70. The molecule has 0 heterocycles. The molecule has 0 fully saturated rings. The zero-order valence-electron chi connectivity index (χ0n) is 30.5. The van der Waals surface area contributed by atoms with Crippen molar-refractivity contribution in [2.75, 3.05) is 26.3 Å². The van der Waals surface area contributed by atoms with Crippen molar-refractivity contribution in [3.8, 4) is 11.5 Å². The molecule has 0 aliphatic heterocycles. The second-order valence-corrected chi connectivity index (χ2v) is 15.2. The number of carbonyl (C=O) groups excluding carboxylic acids is 4. The number of aromatic hydroxyl groups is 2. The molecule has 10 heteroatoms. The van der Waals surface area contributed by atoms with Gasteiger partial charge in [-0.1, -0.05) is 93.5 Å². The van der Waals surface area contributed by atoms with Gasteiger partial charge in [0.15, 0.2) is 0 Å². The van der Waals surface area contributed by atoms with E-state index in [0.29, 0.717) is 25.0 Å². The molecular formula is C38H56N2O8. The summed E-state index contributed by atoms with van der Waals surface area (Å²) in [6, 6.07) is 7.68. The Kier molecular flexibility index (Phi) is 14.1. The van der Waals surface area contributed by atoms with Crippen molar-refractivity contribution < 1.29 is 38.9 Å². The lowest BCUT2D eigenvalue weighted by Gasteiger charge is -2.28. The van der Waals surface area contributed by atoms with Crippen LogP contribution in [-0.2, 0) is 64.2 Å². The Morgan fingerprint density at radius 3 is 1.31 bits per heavy atom. The van der Waals surface area contributed by atoms with E-state index in [1.807, 2.05) is 93.5 Å². The van der Waals surface area contributed by atoms with Crippen LogP contribution in [0.1, 0.15) is 115 Å². The number of phenols is 2. The first-order valence-corrected chi connectivity index (χ1v) is 16.7. The Morgan fingerprint density at radius 1 is 0.604 bits per heavy atom. The van der Waals surface area contributed by atoms with E-state index in [9.17, 15) is 29.4 Å². The topological polar surface area (TPSA) is 151 Å². The molecule has 0 bridgehead atoms. The number of amides is 2. The van der Waals surface area contributed by atoms with E-state index in [2.05, 4.69) is 10.6 Å². The molecule has 48 heavy (non-hydrogen) atoms. The number of rotatable bonds is 13. The maximum Gasteiger partial charge on any atom is 0.309 e. The Morgan fingerprint density at radius 2 is 0.958 bits per heavy atom. The van der Waals surface area contributed by atoms with Crippen LogP contribution < -0.4 is 10.6 Å². The molecule has 0 aliphatic rings. The van der Waals surface area contributed by atoms with Gasteiger partial charge in [0.25, 0.3) is 0 Å². The van der Waals surface area contributed by atoms with E-state index in [0.717, 1.165) is 33.4 Å². The minimum atomic E-state index is -0.889. The first-order chi connectivity index (χ1) is 22.1. The predicted molar refractivity (Wildman–Crippen MR) is 186 cm³/mol. The number of carbonyl (C=O) groups is 4. The summed E-state index contributed by atoms with van der Waals surface area (Å²) in [5.41, 5.74) is 4.37. The van der Waals surface area contributed by atoms with Gasteiger partial charge in [-0.05, 0) is 68.9 Å². The van der Waals surface area contributed by atoms with Gasteiger partial charge in [-0.25, -0.2) is 0 Å². The highest BCUT2D eigenvalue weighted by molar-refractivity contribution is 6.35. The third kappa shape index (κ3) is 12.2. The molecule has 0 spiro atoms. The molecule has 2 aromatic rings. The third-order valence-corrected chi connectivity index (χ3v) is 7.97. The number of hydrogen-bond acceptors (Lipinski definition) is 8. The van der Waals surface area contributed by atoms with E-state index >= 15 is 0 Å². The highest BCUT2D eigenvalue weighted by atomic mass is 16.5. The summed E-state index contributed by atoms with van der Waals surface area (Å²) in [5.74, 6) is -2.08. The minimum absolute atomic E-state index is 0.0362. The monoisotopic (exact) mass is 668 g/mol. The maximum atomic E-state index is 12.4. The van der Waals surface area contributed by atoms with Crippen molar-refractivity contribution in [2.24, 2.45) is 0 Å². The lowest BCUT2D eigenvalue weighted by molar-refractivity contribution is -0.145. The van der Waals surface area contributed by atoms with Crippen LogP contribution in [0, 0.1) is 0 Å². The number of nitrogens with one attached hydrogen (secondary N) is 2. The largest absolute Gasteiger partial charge is 0.507 e. The molecule has 0 aromatic heterocycles. The molecule has 0 aliphatic carbocycles. The van der Waals surface area contributed by atoms with Crippen LogP contribution in [-0.4, -0.2) is 60.3 Å². The number of benzene rings is 2. The van der Waals surface area contributed by atoms with Gasteiger partial charge in [0.2, 0.25) is 0 Å². The van der Waals surface area contributed by atoms with Crippen LogP contribution in [0.2, 0.25) is 0 Å². The Hall–Kier alpha value is -4.08. The number of phenolic OH excluding ortho intramolecular Hbond substituents is 2. The molecule has 0 radical (unpaired) electrons. The van der Waals surface area contributed by atoms with Crippen LogP contribution in [0.5, 0.6) is 11.5 Å². The third-order valence-electron chi connectivity index (χ3n) is 7.97. The summed E-state index contributed by atoms with van der Waals surface area (Å²) in [6.45, 7) is 20.0. The summed E-state index contributed by atoms with van der Waals surface area (Å²) >= 11 is 0. The average Bonchev–Trinajstić information content (AvgIpc) is 2.98. The van der Waals surface area contributed by atoms with Gasteiger partial charge in [0, 0.05) is 12.8 Å². The quantitative estimate of drug-likeness (QED) is 0.125. The van der Waals surface area contributed by atoms with E-state index in [-0.39, 0.29) is 61.1 Å². The Bertz CT molecular complexity index is 1420. The zero-order valence-corrected chi connectivity index (χ0v) is 30.5. The lowest BCUT2D eigenvalue weighted by Crippen LogP contribution is -2.42. The van der Waals surface area contributed by atoms with Crippen LogP contribution in [0.4, 0.5) is 0 Å². The lowest BCUT2D eigenvalue weighted by atomic mass is 9.78. The zero-order chi connectivity index (χ0) is 36.4. The smallest absolute Gasteiger partial charge is 0.309 e. The number of ether oxygens (including phenoxy) is 2. The van der Waals surface area contributed by atoms with Crippen molar-refractivity contribution in [2.45, 2.75) is 118 Å². The molecule has 266 valence electrons. The molecule has 2 rings (SSSR count). The molecule has 2 amide bonds. The second-order valence-electron chi connectivity index (χ2n) is 15.2. The molecule has 0 saturated heterocycles. The van der Waals surface area contributed by atoms with Crippen molar-refractivity contribution in [3.05, 3.63) is 57.6 Å². The van der Waals surface area contributed by atoms with Crippen molar-refractivity contribution in [1.82, 2.24) is 10.6 Å². The van der Waals surface area contributed by atoms with Crippen LogP contribution in [0.15, 0.2) is 24.3 Å². The maximum absolute atomic E-state index is 12.4. The summed E-state index contributed by atoms with van der Waals surface area (Å²) in [7, 11) is 0. The van der Waals surface area contributed by atoms with Gasteiger partial charge in [-0.2, -0.15) is 0 Å². The normalized spacial score (nSPS) is 12.0. The van der Waals surface area contributed by atoms with Crippen molar-refractivity contribution in [1.29, 1.82) is 0 Å². The highest BCUT2D eigenvalue weighted by Crippen LogP contribution is 2.40. The number of hydrogen-bond donors (Lipinski definition) is 4. The fourth-order valence-electron chi connectivity index (χ4n) is 5.18. The molecule has 4 N–H and O–H groups in total.